The molecule has 0 saturated carbocycles. The average molecular weight is 330 g/mol. The highest BCUT2D eigenvalue weighted by atomic mass is 32.2. The van der Waals surface area contributed by atoms with Crippen molar-refractivity contribution in [2.24, 2.45) is 5.92 Å². The van der Waals surface area contributed by atoms with Crippen LogP contribution < -0.4 is 4.72 Å². The van der Waals surface area contributed by atoms with Gasteiger partial charge in [0.2, 0.25) is 0 Å². The Bertz CT molecular complexity index is 450. The fraction of sp³-hybridized carbons (Fsp3) is 0.909. The number of hydrogen-bond acceptors (Lipinski definition) is 5. The van der Waals surface area contributed by atoms with E-state index in [4.69, 9.17) is 9.84 Å². The average Bonchev–Trinajstić information content (AvgIpc) is 2.46. The molecule has 0 unspecified atom stereocenters. The fourth-order valence-electron chi connectivity index (χ4n) is 1.94. The van der Waals surface area contributed by atoms with Gasteiger partial charge in [-0.25, -0.2) is 8.78 Å². The number of nitrogens with one attached hydrogen (secondary N) is 1. The Morgan fingerprint density at radius 1 is 1.43 bits per heavy atom. The summed E-state index contributed by atoms with van der Waals surface area (Å²) >= 11 is 0. The summed E-state index contributed by atoms with van der Waals surface area (Å²) in [5, 5.41) is 8.40. The number of alkyl halides is 2. The van der Waals surface area contributed by atoms with Crippen LogP contribution in [0.25, 0.3) is 0 Å². The maximum Gasteiger partial charge on any atom is 0.309 e. The van der Waals surface area contributed by atoms with Gasteiger partial charge in [-0.05, 0) is 19.8 Å². The van der Waals surface area contributed by atoms with Gasteiger partial charge in [0.1, 0.15) is 6.61 Å². The van der Waals surface area contributed by atoms with Gasteiger partial charge in [-0.2, -0.15) is 17.4 Å². The van der Waals surface area contributed by atoms with Gasteiger partial charge in [0, 0.05) is 13.1 Å². The maximum absolute atomic E-state index is 12.8. The van der Waals surface area contributed by atoms with E-state index in [0.29, 0.717) is 0 Å². The minimum Gasteiger partial charge on any atom is -0.466 e. The van der Waals surface area contributed by atoms with Crippen LogP contribution >= 0.6 is 0 Å². The molecule has 1 heterocycles. The van der Waals surface area contributed by atoms with Crippen molar-refractivity contribution in [2.75, 3.05) is 32.8 Å². The van der Waals surface area contributed by atoms with Crippen molar-refractivity contribution in [2.45, 2.75) is 25.7 Å². The molecule has 10 heteroatoms. The van der Waals surface area contributed by atoms with E-state index in [1.165, 1.54) is 0 Å². The zero-order valence-electron chi connectivity index (χ0n) is 11.7. The minimum absolute atomic E-state index is 0.0590. The summed E-state index contributed by atoms with van der Waals surface area (Å²) in [7, 11) is -4.05. The molecule has 1 fully saturated rings. The molecule has 0 atom stereocenters. The van der Waals surface area contributed by atoms with Crippen LogP contribution in [0.3, 0.4) is 0 Å². The van der Waals surface area contributed by atoms with E-state index in [9.17, 15) is 22.0 Å². The first-order valence-electron chi connectivity index (χ1n) is 6.62. The zero-order chi connectivity index (χ0) is 16.1. The smallest absolute Gasteiger partial charge is 0.309 e. The molecule has 1 saturated heterocycles. The predicted molar refractivity (Wildman–Crippen MR) is 69.9 cm³/mol. The monoisotopic (exact) mass is 330 g/mol. The topological polar surface area (TPSA) is 95.9 Å². The third-order valence-corrected chi connectivity index (χ3v) is 4.71. The molecular formula is C11H20F2N2O5S. The number of hydrogen-bond donors (Lipinski definition) is 2. The predicted octanol–water partition coefficient (Wildman–Crippen LogP) is -0.276. The summed E-state index contributed by atoms with van der Waals surface area (Å²) in [6.07, 6.45) is 0.576. The van der Waals surface area contributed by atoms with Gasteiger partial charge in [-0.1, -0.05) is 0 Å². The minimum atomic E-state index is -4.05. The Balaban J connectivity index is 2.51. The van der Waals surface area contributed by atoms with Gasteiger partial charge in [0.05, 0.1) is 19.1 Å². The molecular weight excluding hydrogens is 310 g/mol. The van der Waals surface area contributed by atoms with Crippen LogP contribution in [-0.2, 0) is 19.7 Å². The van der Waals surface area contributed by atoms with Gasteiger partial charge in [0.25, 0.3) is 16.1 Å². The second-order valence-electron chi connectivity index (χ2n) is 4.77. The standard InChI is InChI=1S/C11H20F2N2O5S/c1-2-20-10(17)9-3-5-15(6-4-9)21(18,19)14-7-11(12,13)8-16/h9,14,16H,2-8H2,1H3. The third kappa shape index (κ3) is 5.46. The van der Waals surface area contributed by atoms with Crippen LogP contribution in [0.5, 0.6) is 0 Å². The normalized spacial score (nSPS) is 18.7. The van der Waals surface area contributed by atoms with Gasteiger partial charge < -0.3 is 9.84 Å². The van der Waals surface area contributed by atoms with E-state index in [1.807, 2.05) is 0 Å². The summed E-state index contributed by atoms with van der Waals surface area (Å²) < 4.78 is 57.0. The van der Waals surface area contributed by atoms with Crippen LogP contribution in [0.1, 0.15) is 19.8 Å². The number of nitrogens with zero attached hydrogens (tertiary/aromatic N) is 1. The zero-order valence-corrected chi connectivity index (χ0v) is 12.5. The molecule has 21 heavy (non-hydrogen) atoms. The molecule has 0 aromatic rings. The number of rotatable bonds is 7. The molecule has 1 aliphatic heterocycles. The quantitative estimate of drug-likeness (QED) is 0.626. The van der Waals surface area contributed by atoms with E-state index >= 15 is 0 Å². The van der Waals surface area contributed by atoms with Gasteiger partial charge >= 0.3 is 5.97 Å². The highest BCUT2D eigenvalue weighted by Crippen LogP contribution is 2.21. The van der Waals surface area contributed by atoms with Crippen molar-refractivity contribution in [3.05, 3.63) is 0 Å². The first-order valence-corrected chi connectivity index (χ1v) is 8.06. The van der Waals surface area contributed by atoms with Crippen LogP contribution in [0.2, 0.25) is 0 Å². The molecule has 0 aromatic heterocycles. The first-order chi connectivity index (χ1) is 9.72. The Labute approximate surface area is 122 Å². The van der Waals surface area contributed by atoms with Crippen LogP contribution in [0, 0.1) is 5.92 Å². The molecule has 1 rings (SSSR count). The lowest BCUT2D eigenvalue weighted by molar-refractivity contribution is -0.149. The number of ether oxygens (including phenoxy) is 1. The van der Waals surface area contributed by atoms with Crippen molar-refractivity contribution in [3.8, 4) is 0 Å². The lowest BCUT2D eigenvalue weighted by Crippen LogP contribution is -2.49. The lowest BCUT2D eigenvalue weighted by Gasteiger charge is -2.30. The second-order valence-corrected chi connectivity index (χ2v) is 6.52. The van der Waals surface area contributed by atoms with E-state index in [0.717, 1.165) is 4.31 Å². The molecule has 7 nitrogen and oxygen atoms in total. The Morgan fingerprint density at radius 2 is 2.00 bits per heavy atom. The molecule has 1 aliphatic rings. The Kier molecular flexibility index (Phi) is 6.44. The molecule has 0 bridgehead atoms. The van der Waals surface area contributed by atoms with Crippen molar-refractivity contribution in [3.63, 3.8) is 0 Å². The lowest BCUT2D eigenvalue weighted by atomic mass is 9.98. The fourth-order valence-corrected chi connectivity index (χ4v) is 3.20. The Morgan fingerprint density at radius 3 is 2.48 bits per heavy atom. The maximum atomic E-state index is 12.8. The van der Waals surface area contributed by atoms with Crippen LogP contribution in [-0.4, -0.2) is 62.6 Å². The van der Waals surface area contributed by atoms with E-state index < -0.39 is 29.3 Å². The largest absolute Gasteiger partial charge is 0.466 e. The molecule has 0 aliphatic carbocycles. The third-order valence-electron chi connectivity index (χ3n) is 3.16. The number of esters is 1. The van der Waals surface area contributed by atoms with Gasteiger partial charge in [0.15, 0.2) is 0 Å². The van der Waals surface area contributed by atoms with Crippen LogP contribution in [0.15, 0.2) is 0 Å². The number of carbonyl (C=O) groups is 1. The van der Waals surface area contributed by atoms with Crippen molar-refractivity contribution < 1.29 is 31.8 Å². The summed E-state index contributed by atoms with van der Waals surface area (Å²) in [5.41, 5.74) is 0. The molecule has 0 spiro atoms. The van der Waals surface area contributed by atoms with Crippen molar-refractivity contribution in [1.29, 1.82) is 0 Å². The van der Waals surface area contributed by atoms with E-state index in [1.54, 1.807) is 11.6 Å². The number of carbonyl (C=O) groups excluding carboxylic acids is 1. The summed E-state index contributed by atoms with van der Waals surface area (Å²) in [6, 6.07) is 0. The van der Waals surface area contributed by atoms with Crippen LogP contribution in [0.4, 0.5) is 8.78 Å². The van der Waals surface area contributed by atoms with E-state index in [2.05, 4.69) is 0 Å². The van der Waals surface area contributed by atoms with Crippen molar-refractivity contribution in [1.82, 2.24) is 9.03 Å². The molecule has 0 amide bonds. The second kappa shape index (κ2) is 7.43. The Hall–Kier alpha value is -0.840. The summed E-state index contributed by atoms with van der Waals surface area (Å²) in [6.45, 7) is -0.533. The highest BCUT2D eigenvalue weighted by Gasteiger charge is 2.35. The van der Waals surface area contributed by atoms with Gasteiger partial charge in [-0.3, -0.25) is 4.79 Å². The summed E-state index contributed by atoms with van der Waals surface area (Å²) in [5.74, 6) is -4.24. The number of aliphatic hydroxyl groups excluding tert-OH is 1. The number of piperidine rings is 1. The van der Waals surface area contributed by atoms with Gasteiger partial charge in [-0.15, -0.1) is 0 Å². The van der Waals surface area contributed by atoms with Crippen molar-refractivity contribution >= 4 is 16.2 Å². The highest BCUT2D eigenvalue weighted by molar-refractivity contribution is 7.87. The first kappa shape index (κ1) is 18.2. The van der Waals surface area contributed by atoms with E-state index in [-0.39, 0.29) is 44.4 Å². The number of halogens is 2. The molecule has 124 valence electrons. The molecule has 2 N–H and O–H groups in total. The molecule has 0 aromatic carbocycles. The molecule has 0 radical (unpaired) electrons. The summed E-state index contributed by atoms with van der Waals surface area (Å²) in [4.78, 5) is 11.5. The SMILES string of the molecule is CCOC(=O)C1CCN(S(=O)(=O)NCC(F)(F)CO)CC1. The number of aliphatic hydroxyl groups is 1.